The average molecular weight is 228 g/mol. The molecule has 0 rings (SSSR count). The lowest BCUT2D eigenvalue weighted by atomic mass is 9.79. The summed E-state index contributed by atoms with van der Waals surface area (Å²) in [5, 5.41) is 19.2. The Balaban J connectivity index is 5.05. The summed E-state index contributed by atoms with van der Waals surface area (Å²) in [6.07, 6.45) is 6.61. The second-order valence-corrected chi connectivity index (χ2v) is 4.93. The molecule has 0 aliphatic carbocycles. The summed E-state index contributed by atoms with van der Waals surface area (Å²) in [4.78, 5) is 0. The van der Waals surface area contributed by atoms with E-state index in [1.54, 1.807) is 18.2 Å². The second-order valence-electron chi connectivity index (χ2n) is 3.82. The van der Waals surface area contributed by atoms with Crippen LogP contribution in [0.2, 0.25) is 0 Å². The minimum atomic E-state index is -1.19. The summed E-state index contributed by atoms with van der Waals surface area (Å²) in [6.45, 7) is 10.6. The molecule has 0 amide bonds. The summed E-state index contributed by atoms with van der Waals surface area (Å²) < 4.78 is 0. The van der Waals surface area contributed by atoms with E-state index in [2.05, 4.69) is 29.0 Å². The standard InChI is InChI=1S/C12H21O2P/c1-4-7-11(14,10-13)12(15,8-5-2)9-6-3/h4-6,13-14H,1-3,7-10,15H2. The molecule has 0 saturated carbocycles. The highest BCUT2D eigenvalue weighted by Crippen LogP contribution is 2.41. The van der Waals surface area contributed by atoms with E-state index in [0.717, 1.165) is 0 Å². The van der Waals surface area contributed by atoms with E-state index in [9.17, 15) is 10.2 Å². The van der Waals surface area contributed by atoms with Crippen LogP contribution in [0.15, 0.2) is 38.0 Å². The highest BCUT2D eigenvalue weighted by atomic mass is 31.0. The highest BCUT2D eigenvalue weighted by Gasteiger charge is 2.44. The minimum Gasteiger partial charge on any atom is -0.393 e. The Morgan fingerprint density at radius 2 is 1.40 bits per heavy atom. The van der Waals surface area contributed by atoms with Crippen molar-refractivity contribution in [1.29, 1.82) is 0 Å². The van der Waals surface area contributed by atoms with Gasteiger partial charge >= 0.3 is 0 Å². The molecule has 0 fully saturated rings. The van der Waals surface area contributed by atoms with Crippen LogP contribution in [0.1, 0.15) is 19.3 Å². The lowest BCUT2D eigenvalue weighted by Crippen LogP contribution is -2.52. The maximum Gasteiger partial charge on any atom is 0.101 e. The third-order valence-corrected chi connectivity index (χ3v) is 3.70. The van der Waals surface area contributed by atoms with Gasteiger partial charge in [-0.05, 0) is 19.3 Å². The molecule has 0 spiro atoms. The molecule has 0 bridgehead atoms. The van der Waals surface area contributed by atoms with Crippen molar-refractivity contribution in [2.24, 2.45) is 0 Å². The topological polar surface area (TPSA) is 40.5 Å². The summed E-state index contributed by atoms with van der Waals surface area (Å²) in [5.41, 5.74) is -1.19. The molecule has 86 valence electrons. The minimum absolute atomic E-state index is 0.301. The summed E-state index contributed by atoms with van der Waals surface area (Å²) >= 11 is 0. The molecule has 2 N–H and O–H groups in total. The molecule has 0 aromatic carbocycles. The largest absolute Gasteiger partial charge is 0.393 e. The predicted molar refractivity (Wildman–Crippen MR) is 68.9 cm³/mol. The second kappa shape index (κ2) is 6.22. The van der Waals surface area contributed by atoms with E-state index >= 15 is 0 Å². The van der Waals surface area contributed by atoms with Crippen LogP contribution in [-0.4, -0.2) is 27.6 Å². The van der Waals surface area contributed by atoms with Crippen LogP contribution in [0, 0.1) is 0 Å². The molecule has 0 saturated heterocycles. The molecule has 0 aliphatic rings. The van der Waals surface area contributed by atoms with Crippen LogP contribution < -0.4 is 0 Å². The molecule has 15 heavy (non-hydrogen) atoms. The molecule has 0 aromatic heterocycles. The maximum atomic E-state index is 10.4. The van der Waals surface area contributed by atoms with Gasteiger partial charge in [0.25, 0.3) is 0 Å². The maximum absolute atomic E-state index is 10.4. The third-order valence-electron chi connectivity index (χ3n) is 2.69. The molecular weight excluding hydrogens is 207 g/mol. The normalized spacial score (nSPS) is 15.4. The van der Waals surface area contributed by atoms with E-state index in [-0.39, 0.29) is 6.61 Å². The van der Waals surface area contributed by atoms with Gasteiger partial charge in [0.2, 0.25) is 0 Å². The van der Waals surface area contributed by atoms with Crippen molar-refractivity contribution in [3.05, 3.63) is 38.0 Å². The average Bonchev–Trinajstić information content (AvgIpc) is 2.18. The number of hydrogen-bond donors (Lipinski definition) is 2. The first kappa shape index (κ1) is 14.6. The zero-order chi connectivity index (χ0) is 11.9. The van der Waals surface area contributed by atoms with E-state index in [4.69, 9.17) is 0 Å². The summed E-state index contributed by atoms with van der Waals surface area (Å²) in [5.74, 6) is 0. The molecule has 2 atom stereocenters. The first-order valence-corrected chi connectivity index (χ1v) is 5.52. The van der Waals surface area contributed by atoms with Gasteiger partial charge in [-0.1, -0.05) is 18.2 Å². The Bertz CT molecular complexity index is 228. The van der Waals surface area contributed by atoms with Gasteiger partial charge in [0.1, 0.15) is 5.60 Å². The van der Waals surface area contributed by atoms with Crippen LogP contribution in [0.5, 0.6) is 0 Å². The Morgan fingerprint density at radius 3 is 1.67 bits per heavy atom. The Labute approximate surface area is 94.6 Å². The van der Waals surface area contributed by atoms with Crippen molar-refractivity contribution in [3.8, 4) is 0 Å². The predicted octanol–water partition coefficient (Wildman–Crippen LogP) is 2.05. The smallest absolute Gasteiger partial charge is 0.101 e. The first-order valence-electron chi connectivity index (χ1n) is 4.94. The van der Waals surface area contributed by atoms with Gasteiger partial charge in [0.05, 0.1) is 6.61 Å². The monoisotopic (exact) mass is 228 g/mol. The zero-order valence-electron chi connectivity index (χ0n) is 9.15. The number of hydrogen-bond acceptors (Lipinski definition) is 2. The van der Waals surface area contributed by atoms with Gasteiger partial charge in [-0.2, -0.15) is 0 Å². The van der Waals surface area contributed by atoms with E-state index < -0.39 is 10.8 Å². The van der Waals surface area contributed by atoms with Gasteiger partial charge in [-0.3, -0.25) is 0 Å². The van der Waals surface area contributed by atoms with Crippen molar-refractivity contribution in [3.63, 3.8) is 0 Å². The van der Waals surface area contributed by atoms with Crippen LogP contribution in [0.4, 0.5) is 0 Å². The van der Waals surface area contributed by atoms with Gasteiger partial charge in [-0.25, -0.2) is 0 Å². The lowest BCUT2D eigenvalue weighted by molar-refractivity contribution is -0.0436. The molecule has 2 nitrogen and oxygen atoms in total. The fraction of sp³-hybridized carbons (Fsp3) is 0.500. The Morgan fingerprint density at radius 1 is 1.00 bits per heavy atom. The van der Waals surface area contributed by atoms with E-state index in [1.807, 2.05) is 0 Å². The van der Waals surface area contributed by atoms with Gasteiger partial charge in [0.15, 0.2) is 0 Å². The molecular formula is C12H21O2P. The molecule has 0 radical (unpaired) electrons. The number of aliphatic hydroxyl groups excluding tert-OH is 1. The van der Waals surface area contributed by atoms with E-state index in [0.29, 0.717) is 19.3 Å². The van der Waals surface area contributed by atoms with Crippen molar-refractivity contribution >= 4 is 9.24 Å². The Hall–Kier alpha value is -0.430. The van der Waals surface area contributed by atoms with Crippen molar-refractivity contribution in [1.82, 2.24) is 0 Å². The summed E-state index contributed by atoms with van der Waals surface area (Å²) in [7, 11) is 2.62. The van der Waals surface area contributed by atoms with E-state index in [1.165, 1.54) is 0 Å². The molecule has 2 unspecified atom stereocenters. The first-order chi connectivity index (χ1) is 6.99. The van der Waals surface area contributed by atoms with Gasteiger partial charge in [0, 0.05) is 5.16 Å². The van der Waals surface area contributed by atoms with Gasteiger partial charge in [-0.15, -0.1) is 29.0 Å². The van der Waals surface area contributed by atoms with Crippen LogP contribution in [-0.2, 0) is 0 Å². The zero-order valence-corrected chi connectivity index (χ0v) is 10.3. The third kappa shape index (κ3) is 3.27. The van der Waals surface area contributed by atoms with Gasteiger partial charge < -0.3 is 10.2 Å². The lowest BCUT2D eigenvalue weighted by Gasteiger charge is -2.42. The number of allylic oxidation sites excluding steroid dienone is 2. The van der Waals surface area contributed by atoms with Crippen molar-refractivity contribution < 1.29 is 10.2 Å². The van der Waals surface area contributed by atoms with Crippen LogP contribution >= 0.6 is 9.24 Å². The molecule has 0 heterocycles. The quantitative estimate of drug-likeness (QED) is 0.493. The number of aliphatic hydroxyl groups is 2. The number of rotatable bonds is 8. The fourth-order valence-electron chi connectivity index (χ4n) is 1.64. The van der Waals surface area contributed by atoms with Crippen LogP contribution in [0.3, 0.4) is 0 Å². The SMILES string of the molecule is C=CCC(O)(CO)C(P)(CC=C)CC=C. The fourth-order valence-corrected chi connectivity index (χ4v) is 2.18. The Kier molecular flexibility index (Phi) is 6.04. The molecule has 0 aromatic rings. The molecule has 0 aliphatic heterocycles. The van der Waals surface area contributed by atoms with Crippen molar-refractivity contribution in [2.75, 3.05) is 6.61 Å². The van der Waals surface area contributed by atoms with Crippen LogP contribution in [0.25, 0.3) is 0 Å². The molecule has 3 heteroatoms. The highest BCUT2D eigenvalue weighted by molar-refractivity contribution is 7.19. The van der Waals surface area contributed by atoms with Crippen molar-refractivity contribution in [2.45, 2.75) is 30.0 Å². The summed E-state index contributed by atoms with van der Waals surface area (Å²) in [6, 6.07) is 0.